The van der Waals surface area contributed by atoms with Crippen LogP contribution in [0.3, 0.4) is 0 Å². The zero-order valence-corrected chi connectivity index (χ0v) is 4.46. The van der Waals surface area contributed by atoms with Gasteiger partial charge in [-0.15, -0.1) is 0 Å². The molecule has 0 bridgehead atoms. The number of hydrogen-bond donors (Lipinski definition) is 1. The fourth-order valence-electron chi connectivity index (χ4n) is 0.215. The third-order valence-electron chi connectivity index (χ3n) is 0.406. The first kappa shape index (κ1) is 5.95. The summed E-state index contributed by atoms with van der Waals surface area (Å²) in [7, 11) is 0. The van der Waals surface area contributed by atoms with Crippen LogP contribution in [-0.4, -0.2) is 10.2 Å². The summed E-state index contributed by atoms with van der Waals surface area (Å²) in [4.78, 5) is 0. The van der Waals surface area contributed by atoms with Crippen LogP contribution in [0.1, 0.15) is 0 Å². The van der Waals surface area contributed by atoms with E-state index in [0.29, 0.717) is 0 Å². The van der Waals surface area contributed by atoms with E-state index >= 15 is 0 Å². The molecule has 0 unspecified atom stereocenters. The molecule has 1 heterocycles. The summed E-state index contributed by atoms with van der Waals surface area (Å²) in [6, 6.07) is 1.83. The van der Waals surface area contributed by atoms with Gasteiger partial charge in [0.2, 0.25) is 0 Å². The van der Waals surface area contributed by atoms with Crippen LogP contribution in [0.2, 0.25) is 0 Å². The van der Waals surface area contributed by atoms with Crippen LogP contribution in [0.25, 0.3) is 0 Å². The van der Waals surface area contributed by atoms with Crippen LogP contribution >= 0.6 is 0 Å². The number of hydrogen-bond acceptors (Lipinski definition) is 1. The molecule has 0 aliphatic carbocycles. The van der Waals surface area contributed by atoms with E-state index in [4.69, 9.17) is 0 Å². The third-order valence-corrected chi connectivity index (χ3v) is 0.406. The van der Waals surface area contributed by atoms with Gasteiger partial charge in [-0.2, -0.15) is 5.10 Å². The first-order valence-electron chi connectivity index (χ1n) is 1.44. The molecule has 37 valence electrons. The topological polar surface area (TPSA) is 28.7 Å². The molecule has 3 heteroatoms. The van der Waals surface area contributed by atoms with Gasteiger partial charge in [0.15, 0.2) is 0 Å². The van der Waals surface area contributed by atoms with Crippen molar-refractivity contribution in [1.82, 2.24) is 10.2 Å². The van der Waals surface area contributed by atoms with Gasteiger partial charge in [0.1, 0.15) is 0 Å². The van der Waals surface area contributed by atoms with Crippen molar-refractivity contribution in [3.63, 3.8) is 0 Å². The molecule has 0 aliphatic rings. The molecule has 1 N–H and O–H groups in total. The third kappa shape index (κ3) is 1.40. The van der Waals surface area contributed by atoms with Crippen LogP contribution < -0.4 is 0 Å². The van der Waals surface area contributed by atoms with Gasteiger partial charge in [-0.25, -0.2) is 0 Å². The number of aromatic nitrogens is 2. The van der Waals surface area contributed by atoms with Crippen LogP contribution in [0.4, 0.5) is 0 Å². The van der Waals surface area contributed by atoms with Crippen molar-refractivity contribution < 1.29 is 22.4 Å². The van der Waals surface area contributed by atoms with Gasteiger partial charge in [-0.1, -0.05) is 0 Å². The molecule has 0 aromatic carbocycles. The molecule has 1 rings (SSSR count). The quantitative estimate of drug-likeness (QED) is 0.569. The molecule has 1 aromatic rings. The van der Waals surface area contributed by atoms with Gasteiger partial charge >= 0.3 is 0 Å². The zero-order chi connectivity index (χ0) is 3.54. The predicted octanol–water partition coefficient (Wildman–Crippen LogP) is 0.407. The number of nitrogens with one attached hydrogen (secondary N) is 1. The molecule has 1 radical (unpaired) electrons. The molecular formula is C3H4AgN2. The van der Waals surface area contributed by atoms with Crippen LogP contribution in [0.15, 0.2) is 18.5 Å². The minimum absolute atomic E-state index is 0. The second-order valence-electron chi connectivity index (χ2n) is 0.766. The molecular weight excluding hydrogens is 172 g/mol. The van der Waals surface area contributed by atoms with Crippen LogP contribution in [-0.2, 0) is 22.4 Å². The standard InChI is InChI=1S/C3H4N2.Ag/c1-2-4-5-3-1;/h1-3H,(H,4,5);. The number of aromatic amines is 1. The Morgan fingerprint density at radius 3 is 2.50 bits per heavy atom. The molecule has 1 aromatic heterocycles. The van der Waals surface area contributed by atoms with E-state index in [1.165, 1.54) is 0 Å². The number of rotatable bonds is 0. The normalized spacial score (nSPS) is 6.67. The largest absolute Gasteiger partial charge is 0.286 e. The van der Waals surface area contributed by atoms with Crippen LogP contribution in [0.5, 0.6) is 0 Å². The predicted molar refractivity (Wildman–Crippen MR) is 18.6 cm³/mol. The first-order chi connectivity index (χ1) is 2.50. The van der Waals surface area contributed by atoms with Crippen molar-refractivity contribution >= 4 is 0 Å². The Labute approximate surface area is 51.5 Å². The van der Waals surface area contributed by atoms with E-state index in [-0.39, 0.29) is 22.4 Å². The second-order valence-corrected chi connectivity index (χ2v) is 0.766. The fraction of sp³-hybridized carbons (Fsp3) is 0. The molecule has 0 fully saturated rings. The maximum atomic E-state index is 3.60. The summed E-state index contributed by atoms with van der Waals surface area (Å²) >= 11 is 0. The average Bonchev–Trinajstić information content (AvgIpc) is 1.76. The minimum atomic E-state index is 0. The Morgan fingerprint density at radius 1 is 1.50 bits per heavy atom. The van der Waals surface area contributed by atoms with Gasteiger partial charge in [0.25, 0.3) is 0 Å². The summed E-state index contributed by atoms with van der Waals surface area (Å²) in [6.45, 7) is 0. The smallest absolute Gasteiger partial charge is 0.0487 e. The maximum Gasteiger partial charge on any atom is 0.0487 e. The minimum Gasteiger partial charge on any atom is -0.286 e. The number of H-pyrrole nitrogens is 1. The first-order valence-corrected chi connectivity index (χ1v) is 1.44. The van der Waals surface area contributed by atoms with Crippen molar-refractivity contribution in [3.05, 3.63) is 18.5 Å². The van der Waals surface area contributed by atoms with Gasteiger partial charge in [-0.05, 0) is 6.07 Å². The summed E-state index contributed by atoms with van der Waals surface area (Å²) < 4.78 is 0. The van der Waals surface area contributed by atoms with E-state index in [0.717, 1.165) is 0 Å². The number of nitrogens with zero attached hydrogens (tertiary/aromatic N) is 1. The van der Waals surface area contributed by atoms with E-state index < -0.39 is 0 Å². The molecule has 0 saturated carbocycles. The van der Waals surface area contributed by atoms with E-state index in [9.17, 15) is 0 Å². The molecule has 0 amide bonds. The average molecular weight is 176 g/mol. The van der Waals surface area contributed by atoms with Gasteiger partial charge in [-0.3, -0.25) is 5.10 Å². The molecule has 0 aliphatic heterocycles. The zero-order valence-electron chi connectivity index (χ0n) is 2.98. The van der Waals surface area contributed by atoms with Gasteiger partial charge in [0.05, 0.1) is 0 Å². The van der Waals surface area contributed by atoms with Crippen molar-refractivity contribution in [1.29, 1.82) is 0 Å². The maximum absolute atomic E-state index is 3.60. The van der Waals surface area contributed by atoms with Crippen molar-refractivity contribution in [2.75, 3.05) is 0 Å². The Bertz CT molecular complexity index is 65.3. The molecule has 0 atom stereocenters. The van der Waals surface area contributed by atoms with Gasteiger partial charge in [0, 0.05) is 34.8 Å². The molecule has 6 heavy (non-hydrogen) atoms. The molecule has 2 nitrogen and oxygen atoms in total. The second kappa shape index (κ2) is 3.15. The van der Waals surface area contributed by atoms with E-state index in [2.05, 4.69) is 10.2 Å². The monoisotopic (exact) mass is 175 g/mol. The summed E-state index contributed by atoms with van der Waals surface area (Å²) in [6.07, 6.45) is 3.46. The molecule has 0 spiro atoms. The van der Waals surface area contributed by atoms with E-state index in [1.54, 1.807) is 12.4 Å². The van der Waals surface area contributed by atoms with Crippen molar-refractivity contribution in [2.24, 2.45) is 0 Å². The SMILES string of the molecule is [Ag].c1cn[nH]c1. The van der Waals surface area contributed by atoms with Crippen molar-refractivity contribution in [2.45, 2.75) is 0 Å². The summed E-state index contributed by atoms with van der Waals surface area (Å²) in [5.74, 6) is 0. The Balaban J connectivity index is 0.000000250. The van der Waals surface area contributed by atoms with Crippen LogP contribution in [0, 0.1) is 0 Å². The van der Waals surface area contributed by atoms with E-state index in [1.807, 2.05) is 6.07 Å². The van der Waals surface area contributed by atoms with Crippen molar-refractivity contribution in [3.8, 4) is 0 Å². The van der Waals surface area contributed by atoms with Gasteiger partial charge < -0.3 is 0 Å². The fourth-order valence-corrected chi connectivity index (χ4v) is 0.215. The summed E-state index contributed by atoms with van der Waals surface area (Å²) in [5, 5.41) is 6.21. The Morgan fingerprint density at radius 2 is 2.33 bits per heavy atom. The summed E-state index contributed by atoms with van der Waals surface area (Å²) in [5.41, 5.74) is 0. The Hall–Kier alpha value is -0.0497. The molecule has 0 saturated heterocycles. The Kier molecular flexibility index (Phi) is 3.13.